The van der Waals surface area contributed by atoms with Gasteiger partial charge in [0.1, 0.15) is 11.5 Å². The van der Waals surface area contributed by atoms with Crippen molar-refractivity contribution in [2.45, 2.75) is 39.2 Å². The summed E-state index contributed by atoms with van der Waals surface area (Å²) in [4.78, 5) is 32.9. The van der Waals surface area contributed by atoms with Crippen LogP contribution in [0.1, 0.15) is 54.1 Å². The number of furan rings is 1. The first-order chi connectivity index (χ1) is 17.9. The summed E-state index contributed by atoms with van der Waals surface area (Å²) in [7, 11) is 0. The third-order valence-corrected chi connectivity index (χ3v) is 7.43. The lowest BCUT2D eigenvalue weighted by Crippen LogP contribution is -2.30. The number of aliphatic hydroxyl groups is 1. The number of aromatic nitrogens is 1. The van der Waals surface area contributed by atoms with Crippen LogP contribution in [0.5, 0.6) is 5.75 Å². The molecule has 1 atom stereocenters. The molecule has 0 fully saturated rings. The van der Waals surface area contributed by atoms with Crippen molar-refractivity contribution in [2.24, 2.45) is 0 Å². The molecule has 0 bridgehead atoms. The van der Waals surface area contributed by atoms with Gasteiger partial charge in [0.25, 0.3) is 5.91 Å². The first kappa shape index (κ1) is 25.0. The van der Waals surface area contributed by atoms with E-state index in [0.29, 0.717) is 39.4 Å². The predicted molar refractivity (Wildman–Crippen MR) is 144 cm³/mol. The van der Waals surface area contributed by atoms with Crippen LogP contribution < -0.4 is 9.64 Å². The fourth-order valence-electron chi connectivity index (χ4n) is 4.32. The van der Waals surface area contributed by atoms with E-state index in [1.165, 1.54) is 22.3 Å². The van der Waals surface area contributed by atoms with Gasteiger partial charge in [-0.15, -0.1) is 0 Å². The number of amides is 1. The van der Waals surface area contributed by atoms with Crippen molar-refractivity contribution in [1.82, 2.24) is 4.98 Å². The average Bonchev–Trinajstić information content (AvgIpc) is 3.58. The number of ketones is 1. The fourth-order valence-corrected chi connectivity index (χ4v) is 5.59. The molecule has 190 valence electrons. The number of benzene rings is 2. The van der Waals surface area contributed by atoms with Crippen molar-refractivity contribution in [1.29, 1.82) is 0 Å². The van der Waals surface area contributed by atoms with Gasteiger partial charge in [-0.1, -0.05) is 54.8 Å². The summed E-state index contributed by atoms with van der Waals surface area (Å²) in [6.45, 7) is 4.47. The number of aliphatic hydroxyl groups excluding tert-OH is 1. The van der Waals surface area contributed by atoms with E-state index in [4.69, 9.17) is 20.8 Å². The molecule has 4 aromatic rings. The maximum Gasteiger partial charge on any atom is 0.296 e. The zero-order valence-electron chi connectivity index (χ0n) is 20.4. The highest BCUT2D eigenvalue weighted by atomic mass is 35.5. The molecule has 1 unspecified atom stereocenters. The summed E-state index contributed by atoms with van der Waals surface area (Å²) in [6.07, 6.45) is 3.16. The van der Waals surface area contributed by atoms with Crippen molar-refractivity contribution < 1.29 is 23.8 Å². The Kier molecular flexibility index (Phi) is 7.04. The molecular weight excluding hydrogens is 512 g/mol. The normalized spacial score (nSPS) is 15.7. The smallest absolute Gasteiger partial charge is 0.296 e. The molecule has 0 aliphatic carbocycles. The molecule has 0 saturated carbocycles. The van der Waals surface area contributed by atoms with Crippen LogP contribution >= 0.6 is 22.9 Å². The molecule has 0 spiro atoms. The van der Waals surface area contributed by atoms with Crippen LogP contribution in [-0.2, 0) is 4.79 Å². The average molecular weight is 537 g/mol. The van der Waals surface area contributed by atoms with Gasteiger partial charge in [-0.2, -0.15) is 0 Å². The number of hydrogen-bond donors (Lipinski definition) is 1. The number of carbonyl (C=O) groups is 2. The van der Waals surface area contributed by atoms with Crippen molar-refractivity contribution in [3.63, 3.8) is 0 Å². The van der Waals surface area contributed by atoms with E-state index < -0.39 is 23.5 Å². The third-order valence-electron chi connectivity index (χ3n) is 6.17. The van der Waals surface area contributed by atoms with E-state index in [2.05, 4.69) is 11.9 Å². The Balaban J connectivity index is 1.55. The van der Waals surface area contributed by atoms with Crippen LogP contribution in [0.25, 0.3) is 10.2 Å². The van der Waals surface area contributed by atoms with E-state index in [1.54, 1.807) is 55.5 Å². The molecule has 1 amide bonds. The zero-order valence-corrected chi connectivity index (χ0v) is 21.9. The molecule has 0 radical (unpaired) electrons. The van der Waals surface area contributed by atoms with E-state index in [9.17, 15) is 14.7 Å². The lowest BCUT2D eigenvalue weighted by molar-refractivity contribution is -0.117. The minimum atomic E-state index is -0.907. The van der Waals surface area contributed by atoms with Crippen molar-refractivity contribution in [3.8, 4) is 5.75 Å². The van der Waals surface area contributed by atoms with Gasteiger partial charge in [0.05, 0.1) is 28.4 Å². The number of anilines is 1. The Morgan fingerprint density at radius 3 is 2.65 bits per heavy atom. The Morgan fingerprint density at radius 1 is 1.16 bits per heavy atom. The lowest BCUT2D eigenvalue weighted by atomic mass is 9.95. The molecule has 7 nitrogen and oxygen atoms in total. The second-order valence-corrected chi connectivity index (χ2v) is 10.3. The Hall–Kier alpha value is -3.62. The highest BCUT2D eigenvalue weighted by Crippen LogP contribution is 2.44. The number of halogens is 1. The van der Waals surface area contributed by atoms with Crippen LogP contribution in [0.15, 0.2) is 70.3 Å². The molecule has 0 saturated heterocycles. The number of thiazole rings is 1. The first-order valence-corrected chi connectivity index (χ1v) is 13.2. The summed E-state index contributed by atoms with van der Waals surface area (Å²) < 4.78 is 12.2. The molecular formula is C28H25ClN2O5S. The minimum Gasteiger partial charge on any atom is -0.503 e. The van der Waals surface area contributed by atoms with Gasteiger partial charge in [-0.25, -0.2) is 4.98 Å². The molecule has 9 heteroatoms. The van der Waals surface area contributed by atoms with Crippen molar-refractivity contribution in [2.75, 3.05) is 11.5 Å². The van der Waals surface area contributed by atoms with E-state index in [1.807, 2.05) is 0 Å². The van der Waals surface area contributed by atoms with E-state index in [0.717, 1.165) is 24.0 Å². The van der Waals surface area contributed by atoms with Crippen LogP contribution in [0.2, 0.25) is 5.02 Å². The number of Topliss-reactive ketones (excluding diaryl/α,β-unsaturated/α-hetero) is 1. The van der Waals surface area contributed by atoms with E-state index >= 15 is 0 Å². The number of ether oxygens (including phenoxy) is 1. The number of unbranched alkanes of at least 4 members (excludes halogenated alkanes) is 2. The molecule has 37 heavy (non-hydrogen) atoms. The zero-order chi connectivity index (χ0) is 26.1. The van der Waals surface area contributed by atoms with Gasteiger partial charge in [-0.05, 0) is 61.4 Å². The van der Waals surface area contributed by atoms with E-state index in [-0.39, 0.29) is 11.3 Å². The van der Waals surface area contributed by atoms with Crippen LogP contribution in [0.3, 0.4) is 0 Å². The largest absolute Gasteiger partial charge is 0.503 e. The number of fused-ring (bicyclic) bond motifs is 1. The molecule has 3 heterocycles. The van der Waals surface area contributed by atoms with Crippen molar-refractivity contribution >= 4 is 50.0 Å². The van der Waals surface area contributed by atoms with Crippen LogP contribution in [-0.4, -0.2) is 28.4 Å². The van der Waals surface area contributed by atoms with Gasteiger partial charge < -0.3 is 14.3 Å². The van der Waals surface area contributed by atoms with Gasteiger partial charge in [-0.3, -0.25) is 14.5 Å². The first-order valence-electron chi connectivity index (χ1n) is 12.0. The quantitative estimate of drug-likeness (QED) is 0.179. The lowest BCUT2D eigenvalue weighted by Gasteiger charge is -2.24. The number of rotatable bonds is 9. The molecule has 1 N–H and O–H groups in total. The molecule has 1 aliphatic rings. The summed E-state index contributed by atoms with van der Waals surface area (Å²) in [5.41, 5.74) is 1.23. The minimum absolute atomic E-state index is 0.0469. The van der Waals surface area contributed by atoms with Crippen LogP contribution in [0, 0.1) is 6.92 Å². The number of carbonyl (C=O) groups excluding carboxylic acids is 2. The van der Waals surface area contributed by atoms with Gasteiger partial charge in [0, 0.05) is 5.02 Å². The van der Waals surface area contributed by atoms with Gasteiger partial charge in [0.15, 0.2) is 16.7 Å². The second-order valence-electron chi connectivity index (χ2n) is 8.81. The predicted octanol–water partition coefficient (Wildman–Crippen LogP) is 7.20. The highest BCUT2D eigenvalue weighted by molar-refractivity contribution is 7.22. The molecule has 5 rings (SSSR count). The monoisotopic (exact) mass is 536 g/mol. The van der Waals surface area contributed by atoms with Gasteiger partial charge >= 0.3 is 0 Å². The molecule has 1 aliphatic heterocycles. The summed E-state index contributed by atoms with van der Waals surface area (Å²) in [6, 6.07) is 14.7. The number of hydrogen-bond acceptors (Lipinski definition) is 7. The Bertz CT molecular complexity index is 1500. The maximum atomic E-state index is 13.5. The standard InChI is InChI=1S/C28H25ClN2O5S/c1-3-4-5-14-35-19-10-7-17(8-11-19)24-23(25(32)21-13-6-16(2)36-21)26(33)27(34)31(24)28-30-20-12-9-18(29)15-22(20)37-28/h6-13,15,24,33H,3-5,14H2,1-2H3. The summed E-state index contributed by atoms with van der Waals surface area (Å²) in [5, 5.41) is 11.8. The van der Waals surface area contributed by atoms with Gasteiger partial charge in [0.2, 0.25) is 5.78 Å². The maximum absolute atomic E-state index is 13.5. The number of aryl methyl sites for hydroxylation is 1. The second kappa shape index (κ2) is 10.4. The Labute approximate surface area is 222 Å². The summed E-state index contributed by atoms with van der Waals surface area (Å²) >= 11 is 7.41. The number of nitrogens with zero attached hydrogens (tertiary/aromatic N) is 2. The molecule has 2 aromatic carbocycles. The molecule has 2 aromatic heterocycles. The third kappa shape index (κ3) is 4.86. The SMILES string of the molecule is CCCCCOc1ccc(C2C(C(=O)c3ccc(C)o3)=C(O)C(=O)N2c2nc3ccc(Cl)cc3s2)cc1. The highest BCUT2D eigenvalue weighted by Gasteiger charge is 2.46. The van der Waals surface area contributed by atoms with Crippen LogP contribution in [0.4, 0.5) is 5.13 Å². The van der Waals surface area contributed by atoms with Crippen molar-refractivity contribution in [3.05, 3.63) is 88.0 Å². The fraction of sp³-hybridized carbons (Fsp3) is 0.250. The Morgan fingerprint density at radius 2 is 1.95 bits per heavy atom. The summed E-state index contributed by atoms with van der Waals surface area (Å²) in [5.74, 6) is -0.606. The topological polar surface area (TPSA) is 92.9 Å².